The molecule has 92 valence electrons. The average Bonchev–Trinajstić information content (AvgIpc) is 3.15. The molecule has 2 fully saturated rings. The highest BCUT2D eigenvalue weighted by molar-refractivity contribution is 6.33. The third-order valence-corrected chi connectivity index (χ3v) is 4.25. The third-order valence-electron chi connectivity index (χ3n) is 3.93. The van der Waals surface area contributed by atoms with Gasteiger partial charge in [-0.15, -0.1) is 0 Å². The normalized spacial score (nSPS) is 19.7. The monoisotopic (exact) mass is 250 g/mol. The summed E-state index contributed by atoms with van der Waals surface area (Å²) in [5.74, 6) is 1.77. The van der Waals surface area contributed by atoms with Crippen LogP contribution in [0, 0.1) is 18.8 Å². The van der Waals surface area contributed by atoms with E-state index in [2.05, 4.69) is 12.2 Å². The van der Waals surface area contributed by atoms with Crippen molar-refractivity contribution < 1.29 is 0 Å². The molecule has 0 heterocycles. The van der Waals surface area contributed by atoms with Crippen molar-refractivity contribution in [1.29, 1.82) is 0 Å². The SMILES string of the molecule is Cc1cc(N)c(Cl)cc1NC(C1CC1)C1CC1. The quantitative estimate of drug-likeness (QED) is 0.797. The van der Waals surface area contributed by atoms with E-state index in [9.17, 15) is 0 Å². The van der Waals surface area contributed by atoms with Gasteiger partial charge in [-0.25, -0.2) is 0 Å². The van der Waals surface area contributed by atoms with Gasteiger partial charge >= 0.3 is 0 Å². The second-order valence-corrected chi connectivity index (χ2v) is 5.94. The van der Waals surface area contributed by atoms with Gasteiger partial charge < -0.3 is 11.1 Å². The first-order valence-electron chi connectivity index (χ1n) is 6.47. The molecule has 2 nitrogen and oxygen atoms in total. The number of benzene rings is 1. The molecule has 17 heavy (non-hydrogen) atoms. The Morgan fingerprint density at radius 1 is 1.24 bits per heavy atom. The molecule has 0 unspecified atom stereocenters. The molecule has 0 aliphatic heterocycles. The van der Waals surface area contributed by atoms with Gasteiger partial charge in [-0.2, -0.15) is 0 Å². The Hall–Kier alpha value is -0.890. The lowest BCUT2D eigenvalue weighted by atomic mass is 10.1. The zero-order valence-electron chi connectivity index (χ0n) is 10.2. The molecule has 1 aromatic rings. The molecular formula is C14H19ClN2. The van der Waals surface area contributed by atoms with E-state index in [1.165, 1.54) is 31.2 Å². The number of hydrogen-bond donors (Lipinski definition) is 2. The van der Waals surface area contributed by atoms with Gasteiger partial charge in [0.05, 0.1) is 10.7 Å². The Kier molecular flexibility index (Phi) is 2.70. The predicted molar refractivity (Wildman–Crippen MR) is 73.5 cm³/mol. The van der Waals surface area contributed by atoms with Gasteiger partial charge in [0.2, 0.25) is 0 Å². The van der Waals surface area contributed by atoms with Gasteiger partial charge in [-0.3, -0.25) is 0 Å². The van der Waals surface area contributed by atoms with Crippen LogP contribution in [0.2, 0.25) is 5.02 Å². The van der Waals surface area contributed by atoms with E-state index < -0.39 is 0 Å². The van der Waals surface area contributed by atoms with Gasteiger partial charge in [0.1, 0.15) is 0 Å². The fourth-order valence-corrected chi connectivity index (χ4v) is 2.73. The van der Waals surface area contributed by atoms with Crippen LogP contribution in [0.25, 0.3) is 0 Å². The Morgan fingerprint density at radius 3 is 2.35 bits per heavy atom. The van der Waals surface area contributed by atoms with E-state index in [4.69, 9.17) is 17.3 Å². The van der Waals surface area contributed by atoms with Crippen molar-refractivity contribution in [2.75, 3.05) is 11.1 Å². The van der Waals surface area contributed by atoms with Gasteiger partial charge in [0.25, 0.3) is 0 Å². The largest absolute Gasteiger partial charge is 0.398 e. The fraction of sp³-hybridized carbons (Fsp3) is 0.571. The second kappa shape index (κ2) is 4.09. The maximum Gasteiger partial charge on any atom is 0.0656 e. The minimum absolute atomic E-state index is 0.656. The summed E-state index contributed by atoms with van der Waals surface area (Å²) in [5, 5.41) is 4.36. The summed E-state index contributed by atoms with van der Waals surface area (Å²) in [6, 6.07) is 4.60. The van der Waals surface area contributed by atoms with Gasteiger partial charge in [0.15, 0.2) is 0 Å². The average molecular weight is 251 g/mol. The van der Waals surface area contributed by atoms with E-state index in [1.54, 1.807) is 0 Å². The molecule has 3 N–H and O–H groups in total. The Bertz CT molecular complexity index is 424. The molecule has 0 amide bonds. The molecule has 2 aliphatic rings. The Balaban J connectivity index is 1.81. The summed E-state index contributed by atoms with van der Waals surface area (Å²) in [5.41, 5.74) is 8.83. The van der Waals surface area contributed by atoms with Gasteiger partial charge in [-0.1, -0.05) is 11.6 Å². The molecule has 2 aliphatic carbocycles. The van der Waals surface area contributed by atoms with E-state index in [0.29, 0.717) is 16.8 Å². The lowest BCUT2D eigenvalue weighted by molar-refractivity contribution is 0.567. The number of aryl methyl sites for hydroxylation is 1. The van der Waals surface area contributed by atoms with E-state index in [0.717, 1.165) is 17.5 Å². The molecule has 0 radical (unpaired) electrons. The van der Waals surface area contributed by atoms with Crippen LogP contribution >= 0.6 is 11.6 Å². The summed E-state index contributed by atoms with van der Waals surface area (Å²) in [4.78, 5) is 0. The van der Waals surface area contributed by atoms with Crippen LogP contribution < -0.4 is 11.1 Å². The van der Waals surface area contributed by atoms with E-state index >= 15 is 0 Å². The van der Waals surface area contributed by atoms with Crippen LogP contribution in [0.3, 0.4) is 0 Å². The van der Waals surface area contributed by atoms with Crippen LogP contribution in [0.15, 0.2) is 12.1 Å². The molecule has 1 aromatic carbocycles. The van der Waals surface area contributed by atoms with Crippen LogP contribution in [-0.2, 0) is 0 Å². The number of halogens is 1. The Labute approximate surface area is 108 Å². The number of rotatable bonds is 4. The zero-order valence-corrected chi connectivity index (χ0v) is 10.9. The number of nitrogens with two attached hydrogens (primary N) is 1. The molecule has 0 saturated heterocycles. The highest BCUT2D eigenvalue weighted by Crippen LogP contribution is 2.46. The van der Waals surface area contributed by atoms with Crippen molar-refractivity contribution in [1.82, 2.24) is 0 Å². The molecule has 0 spiro atoms. The first kappa shape index (κ1) is 11.2. The van der Waals surface area contributed by atoms with Gasteiger partial charge in [0, 0.05) is 11.7 Å². The third kappa shape index (κ3) is 2.37. The smallest absolute Gasteiger partial charge is 0.0656 e. The van der Waals surface area contributed by atoms with Crippen LogP contribution in [0.4, 0.5) is 11.4 Å². The summed E-state index contributed by atoms with van der Waals surface area (Å²) in [6.45, 7) is 2.09. The summed E-state index contributed by atoms with van der Waals surface area (Å²) in [7, 11) is 0. The lowest BCUT2D eigenvalue weighted by Gasteiger charge is -2.21. The topological polar surface area (TPSA) is 38.0 Å². The van der Waals surface area contributed by atoms with Crippen molar-refractivity contribution in [3.8, 4) is 0 Å². The number of nitrogen functional groups attached to an aromatic ring is 1. The van der Waals surface area contributed by atoms with Crippen LogP contribution in [0.5, 0.6) is 0 Å². The van der Waals surface area contributed by atoms with E-state index in [1.807, 2.05) is 12.1 Å². The molecule has 0 aromatic heterocycles. The van der Waals surface area contributed by atoms with Crippen molar-refractivity contribution in [2.45, 2.75) is 38.6 Å². The van der Waals surface area contributed by atoms with Crippen molar-refractivity contribution >= 4 is 23.0 Å². The molecule has 0 bridgehead atoms. The molecule has 3 heteroatoms. The minimum atomic E-state index is 0.656. The highest BCUT2D eigenvalue weighted by atomic mass is 35.5. The van der Waals surface area contributed by atoms with Crippen molar-refractivity contribution in [2.24, 2.45) is 11.8 Å². The highest BCUT2D eigenvalue weighted by Gasteiger charge is 2.41. The summed E-state index contributed by atoms with van der Waals surface area (Å²) >= 11 is 6.09. The molecule has 0 atom stereocenters. The molecule has 2 saturated carbocycles. The first-order valence-corrected chi connectivity index (χ1v) is 6.85. The number of nitrogens with one attached hydrogen (secondary N) is 1. The molecule has 3 rings (SSSR count). The standard InChI is InChI=1S/C14H19ClN2/c1-8-6-12(16)11(15)7-13(8)17-14(9-2-3-9)10-4-5-10/h6-7,9-10,14,17H,2-5,16H2,1H3. The van der Waals surface area contributed by atoms with Crippen LogP contribution in [0.1, 0.15) is 31.2 Å². The second-order valence-electron chi connectivity index (χ2n) is 5.53. The van der Waals surface area contributed by atoms with Crippen molar-refractivity contribution in [3.05, 3.63) is 22.7 Å². The van der Waals surface area contributed by atoms with Crippen LogP contribution in [-0.4, -0.2) is 6.04 Å². The maximum absolute atomic E-state index is 6.09. The maximum atomic E-state index is 6.09. The molecular weight excluding hydrogens is 232 g/mol. The summed E-state index contributed by atoms with van der Waals surface area (Å²) < 4.78 is 0. The van der Waals surface area contributed by atoms with E-state index in [-0.39, 0.29) is 0 Å². The summed E-state index contributed by atoms with van der Waals surface area (Å²) in [6.07, 6.45) is 5.54. The fourth-order valence-electron chi connectivity index (χ4n) is 2.57. The first-order chi connectivity index (χ1) is 8.15. The Morgan fingerprint density at radius 2 is 1.82 bits per heavy atom. The van der Waals surface area contributed by atoms with Crippen molar-refractivity contribution in [3.63, 3.8) is 0 Å². The minimum Gasteiger partial charge on any atom is -0.398 e. The number of anilines is 2. The number of hydrogen-bond acceptors (Lipinski definition) is 2. The zero-order chi connectivity index (χ0) is 12.0. The lowest BCUT2D eigenvalue weighted by Crippen LogP contribution is -2.24. The van der Waals surface area contributed by atoms with Gasteiger partial charge in [-0.05, 0) is 62.1 Å². The predicted octanol–water partition coefficient (Wildman–Crippen LogP) is 3.83.